The van der Waals surface area contributed by atoms with Gasteiger partial charge in [-0.05, 0) is 39.3 Å². The summed E-state index contributed by atoms with van der Waals surface area (Å²) in [6.45, 7) is 7.89. The third-order valence-corrected chi connectivity index (χ3v) is 3.35. The van der Waals surface area contributed by atoms with E-state index in [0.717, 1.165) is 6.54 Å². The van der Waals surface area contributed by atoms with Gasteiger partial charge in [0.15, 0.2) is 0 Å². The zero-order chi connectivity index (χ0) is 9.73. The van der Waals surface area contributed by atoms with Crippen molar-refractivity contribution in [1.82, 2.24) is 4.90 Å². The van der Waals surface area contributed by atoms with E-state index in [1.54, 1.807) is 0 Å². The fraction of sp³-hybridized carbons (Fsp3) is 1.00. The first-order chi connectivity index (χ1) is 6.23. The Morgan fingerprint density at radius 3 is 2.31 bits per heavy atom. The predicted octanol–water partition coefficient (Wildman–Crippen LogP) is 1.99. The molecule has 1 unspecified atom stereocenters. The van der Waals surface area contributed by atoms with Gasteiger partial charge in [0.1, 0.15) is 0 Å². The SMILES string of the molecule is CCCC(C)(CN)N1CCCCC1. The molecule has 0 amide bonds. The first kappa shape index (κ1) is 11.0. The summed E-state index contributed by atoms with van der Waals surface area (Å²) in [7, 11) is 0. The maximum Gasteiger partial charge on any atom is 0.0303 e. The number of nitrogens with zero attached hydrogens (tertiary/aromatic N) is 1. The molecule has 1 aliphatic rings. The van der Waals surface area contributed by atoms with Crippen LogP contribution in [0, 0.1) is 0 Å². The predicted molar refractivity (Wildman–Crippen MR) is 57.8 cm³/mol. The van der Waals surface area contributed by atoms with E-state index >= 15 is 0 Å². The Morgan fingerprint density at radius 1 is 1.23 bits per heavy atom. The fourth-order valence-corrected chi connectivity index (χ4v) is 2.36. The largest absolute Gasteiger partial charge is 0.329 e. The van der Waals surface area contributed by atoms with E-state index in [9.17, 15) is 0 Å². The van der Waals surface area contributed by atoms with Crippen LogP contribution >= 0.6 is 0 Å². The smallest absolute Gasteiger partial charge is 0.0303 e. The third kappa shape index (κ3) is 2.68. The van der Waals surface area contributed by atoms with Crippen LogP contribution < -0.4 is 5.73 Å². The summed E-state index contributed by atoms with van der Waals surface area (Å²) in [6, 6.07) is 0. The van der Waals surface area contributed by atoms with Gasteiger partial charge in [-0.3, -0.25) is 4.90 Å². The molecule has 0 aromatic carbocycles. The summed E-state index contributed by atoms with van der Waals surface area (Å²) in [5.74, 6) is 0. The van der Waals surface area contributed by atoms with Crippen LogP contribution in [0.25, 0.3) is 0 Å². The standard InChI is InChI=1S/C11H24N2/c1-3-7-11(2,10-12)13-8-5-4-6-9-13/h3-10,12H2,1-2H3. The normalized spacial score (nSPS) is 24.2. The highest BCUT2D eigenvalue weighted by molar-refractivity contribution is 4.88. The molecule has 0 radical (unpaired) electrons. The average molecular weight is 184 g/mol. The highest BCUT2D eigenvalue weighted by Gasteiger charge is 2.29. The van der Waals surface area contributed by atoms with E-state index < -0.39 is 0 Å². The van der Waals surface area contributed by atoms with Crippen molar-refractivity contribution in [3.8, 4) is 0 Å². The van der Waals surface area contributed by atoms with Crippen molar-refractivity contribution in [2.45, 2.75) is 51.5 Å². The molecule has 0 spiro atoms. The lowest BCUT2D eigenvalue weighted by molar-refractivity contribution is 0.0789. The molecule has 13 heavy (non-hydrogen) atoms. The van der Waals surface area contributed by atoms with Gasteiger partial charge in [0, 0.05) is 12.1 Å². The lowest BCUT2D eigenvalue weighted by Crippen LogP contribution is -2.53. The van der Waals surface area contributed by atoms with Crippen molar-refractivity contribution in [1.29, 1.82) is 0 Å². The third-order valence-electron chi connectivity index (χ3n) is 3.35. The van der Waals surface area contributed by atoms with Gasteiger partial charge >= 0.3 is 0 Å². The molecule has 2 heteroatoms. The number of hydrogen-bond donors (Lipinski definition) is 1. The quantitative estimate of drug-likeness (QED) is 0.724. The van der Waals surface area contributed by atoms with Gasteiger partial charge in [0.2, 0.25) is 0 Å². The van der Waals surface area contributed by atoms with E-state index in [2.05, 4.69) is 18.7 Å². The van der Waals surface area contributed by atoms with Crippen LogP contribution in [0.2, 0.25) is 0 Å². The Balaban J connectivity index is 2.51. The van der Waals surface area contributed by atoms with Gasteiger partial charge in [-0.2, -0.15) is 0 Å². The lowest BCUT2D eigenvalue weighted by Gasteiger charge is -2.43. The Kier molecular flexibility index (Phi) is 4.20. The van der Waals surface area contributed by atoms with Crippen molar-refractivity contribution < 1.29 is 0 Å². The van der Waals surface area contributed by atoms with Crippen LogP contribution in [0.4, 0.5) is 0 Å². The monoisotopic (exact) mass is 184 g/mol. The average Bonchev–Trinajstić information content (AvgIpc) is 2.19. The topological polar surface area (TPSA) is 29.3 Å². The number of rotatable bonds is 4. The molecule has 1 aliphatic heterocycles. The molecule has 0 saturated carbocycles. The van der Waals surface area contributed by atoms with Crippen LogP contribution in [0.15, 0.2) is 0 Å². The Labute approximate surface area is 82.5 Å². The molecule has 1 saturated heterocycles. The van der Waals surface area contributed by atoms with Gasteiger partial charge < -0.3 is 5.73 Å². The Bertz CT molecular complexity index is 141. The second-order valence-electron chi connectivity index (χ2n) is 4.50. The molecular weight excluding hydrogens is 160 g/mol. The zero-order valence-electron chi connectivity index (χ0n) is 9.18. The maximum atomic E-state index is 5.88. The number of hydrogen-bond acceptors (Lipinski definition) is 2. The first-order valence-electron chi connectivity index (χ1n) is 5.68. The minimum Gasteiger partial charge on any atom is -0.329 e. The van der Waals surface area contributed by atoms with Gasteiger partial charge in [-0.15, -0.1) is 0 Å². The molecule has 1 rings (SSSR count). The Hall–Kier alpha value is -0.0800. The molecule has 1 heterocycles. The molecule has 1 atom stereocenters. The minimum absolute atomic E-state index is 0.273. The number of piperidine rings is 1. The molecule has 78 valence electrons. The van der Waals surface area contributed by atoms with Crippen molar-refractivity contribution >= 4 is 0 Å². The van der Waals surface area contributed by atoms with Crippen molar-refractivity contribution in [3.63, 3.8) is 0 Å². The lowest BCUT2D eigenvalue weighted by atomic mass is 9.91. The maximum absolute atomic E-state index is 5.88. The van der Waals surface area contributed by atoms with E-state index in [0.29, 0.717) is 0 Å². The zero-order valence-corrected chi connectivity index (χ0v) is 9.18. The summed E-state index contributed by atoms with van der Waals surface area (Å²) in [6.07, 6.45) is 6.61. The van der Waals surface area contributed by atoms with E-state index in [1.807, 2.05) is 0 Å². The van der Waals surface area contributed by atoms with Gasteiger partial charge in [-0.1, -0.05) is 19.8 Å². The summed E-state index contributed by atoms with van der Waals surface area (Å²) in [5, 5.41) is 0. The molecule has 0 bridgehead atoms. The van der Waals surface area contributed by atoms with Crippen LogP contribution in [-0.4, -0.2) is 30.1 Å². The highest BCUT2D eigenvalue weighted by Crippen LogP contribution is 2.24. The highest BCUT2D eigenvalue weighted by atomic mass is 15.2. The van der Waals surface area contributed by atoms with E-state index in [1.165, 1.54) is 45.2 Å². The summed E-state index contributed by atoms with van der Waals surface area (Å²) in [4.78, 5) is 2.60. The summed E-state index contributed by atoms with van der Waals surface area (Å²) in [5.41, 5.74) is 6.16. The second-order valence-corrected chi connectivity index (χ2v) is 4.50. The first-order valence-corrected chi connectivity index (χ1v) is 5.68. The molecule has 0 aromatic heterocycles. The van der Waals surface area contributed by atoms with Gasteiger partial charge in [0.05, 0.1) is 0 Å². The molecule has 2 N–H and O–H groups in total. The van der Waals surface area contributed by atoms with Crippen LogP contribution in [-0.2, 0) is 0 Å². The minimum atomic E-state index is 0.273. The second kappa shape index (κ2) is 4.97. The number of likely N-dealkylation sites (tertiary alicyclic amines) is 1. The fourth-order valence-electron chi connectivity index (χ4n) is 2.36. The van der Waals surface area contributed by atoms with Crippen LogP contribution in [0.3, 0.4) is 0 Å². The molecule has 0 aromatic rings. The van der Waals surface area contributed by atoms with E-state index in [-0.39, 0.29) is 5.54 Å². The van der Waals surface area contributed by atoms with Crippen molar-refractivity contribution in [2.24, 2.45) is 5.73 Å². The summed E-state index contributed by atoms with van der Waals surface area (Å²) >= 11 is 0. The molecule has 2 nitrogen and oxygen atoms in total. The van der Waals surface area contributed by atoms with Crippen molar-refractivity contribution in [3.05, 3.63) is 0 Å². The molecular formula is C11H24N2. The molecule has 1 fully saturated rings. The molecule has 0 aliphatic carbocycles. The van der Waals surface area contributed by atoms with E-state index in [4.69, 9.17) is 5.73 Å². The van der Waals surface area contributed by atoms with Gasteiger partial charge in [0.25, 0.3) is 0 Å². The Morgan fingerprint density at radius 2 is 1.85 bits per heavy atom. The van der Waals surface area contributed by atoms with Crippen LogP contribution in [0.1, 0.15) is 46.0 Å². The summed E-state index contributed by atoms with van der Waals surface area (Å²) < 4.78 is 0. The van der Waals surface area contributed by atoms with Crippen LogP contribution in [0.5, 0.6) is 0 Å². The number of nitrogens with two attached hydrogens (primary N) is 1. The van der Waals surface area contributed by atoms with Crippen molar-refractivity contribution in [2.75, 3.05) is 19.6 Å². The van der Waals surface area contributed by atoms with Gasteiger partial charge in [-0.25, -0.2) is 0 Å².